The second kappa shape index (κ2) is 14.7. The van der Waals surface area contributed by atoms with Crippen molar-refractivity contribution < 1.29 is 4.74 Å². The molecule has 3 rings (SSSR count). The zero-order valence-corrected chi connectivity index (χ0v) is 20.9. The van der Waals surface area contributed by atoms with E-state index in [0.29, 0.717) is 17.3 Å². The highest BCUT2D eigenvalue weighted by atomic mass is 32.2. The second-order valence-corrected chi connectivity index (χ2v) is 10.3. The van der Waals surface area contributed by atoms with E-state index < -0.39 is 0 Å². The smallest absolute Gasteiger partial charge is 0.0632 e. The van der Waals surface area contributed by atoms with E-state index in [1.54, 1.807) is 0 Å². The molecule has 0 spiro atoms. The van der Waals surface area contributed by atoms with Gasteiger partial charge < -0.3 is 4.74 Å². The number of methoxy groups -OCH3 is 1. The van der Waals surface area contributed by atoms with E-state index in [9.17, 15) is 0 Å². The Balaban J connectivity index is 1.73. The van der Waals surface area contributed by atoms with E-state index in [0.717, 1.165) is 25.3 Å². The Kier molecular flexibility index (Phi) is 11.7. The summed E-state index contributed by atoms with van der Waals surface area (Å²) < 4.78 is 5.53. The number of nitrogens with one attached hydrogen (secondary N) is 1. The van der Waals surface area contributed by atoms with Crippen LogP contribution in [-0.2, 0) is 16.9 Å². The highest BCUT2D eigenvalue weighted by molar-refractivity contribution is 7.99. The average molecular weight is 455 g/mol. The monoisotopic (exact) mass is 454 g/mol. The molecular formula is C28H42N2OS. The minimum atomic E-state index is 0.471. The normalized spacial score (nSPS) is 18.6. The number of thioether (sulfide) groups is 1. The Morgan fingerprint density at radius 3 is 2.41 bits per heavy atom. The maximum Gasteiger partial charge on any atom is 0.0632 e. The minimum Gasteiger partial charge on any atom is -0.383 e. The summed E-state index contributed by atoms with van der Waals surface area (Å²) in [6.45, 7) is 4.24. The van der Waals surface area contributed by atoms with Crippen molar-refractivity contribution in [2.75, 3.05) is 20.3 Å². The van der Waals surface area contributed by atoms with Gasteiger partial charge in [0.2, 0.25) is 0 Å². The lowest BCUT2D eigenvalue weighted by atomic mass is 9.99. The van der Waals surface area contributed by atoms with Gasteiger partial charge in [-0.3, -0.25) is 5.43 Å². The van der Waals surface area contributed by atoms with Crippen LogP contribution in [0.4, 0.5) is 0 Å². The average Bonchev–Trinajstić information content (AvgIpc) is 3.27. The molecule has 3 nitrogen and oxygen atoms in total. The van der Waals surface area contributed by atoms with Gasteiger partial charge in [-0.05, 0) is 36.8 Å². The predicted molar refractivity (Wildman–Crippen MR) is 139 cm³/mol. The van der Waals surface area contributed by atoms with Gasteiger partial charge in [-0.25, -0.2) is 5.01 Å². The van der Waals surface area contributed by atoms with Gasteiger partial charge in [0.25, 0.3) is 0 Å². The molecule has 4 heteroatoms. The molecule has 0 amide bonds. The molecular weight excluding hydrogens is 412 g/mol. The molecule has 1 heterocycles. The molecule has 176 valence electrons. The number of ether oxygens (including phenoxy) is 1. The Hall–Kier alpha value is -1.33. The maximum absolute atomic E-state index is 5.53. The van der Waals surface area contributed by atoms with Gasteiger partial charge >= 0.3 is 0 Å². The first-order chi connectivity index (χ1) is 15.8. The van der Waals surface area contributed by atoms with Crippen LogP contribution in [0.5, 0.6) is 0 Å². The first-order valence-corrected chi connectivity index (χ1v) is 13.6. The van der Waals surface area contributed by atoms with Crippen LogP contribution in [0.3, 0.4) is 0 Å². The summed E-state index contributed by atoms with van der Waals surface area (Å²) in [5.41, 5.74) is 6.87. The van der Waals surface area contributed by atoms with Crippen molar-refractivity contribution in [3.05, 3.63) is 71.8 Å². The molecule has 2 aromatic carbocycles. The number of rotatable bonds is 15. The fourth-order valence-electron chi connectivity index (χ4n) is 4.65. The van der Waals surface area contributed by atoms with Gasteiger partial charge in [0.15, 0.2) is 0 Å². The summed E-state index contributed by atoms with van der Waals surface area (Å²) in [5.74, 6) is 1.06. The Morgan fingerprint density at radius 1 is 1.00 bits per heavy atom. The lowest BCUT2D eigenvalue weighted by molar-refractivity contribution is 0.0685. The van der Waals surface area contributed by atoms with Gasteiger partial charge in [-0.2, -0.15) is 11.8 Å². The summed E-state index contributed by atoms with van der Waals surface area (Å²) in [5, 5.41) is 3.03. The molecule has 1 fully saturated rings. The van der Waals surface area contributed by atoms with Crippen molar-refractivity contribution in [1.82, 2.24) is 10.4 Å². The Bertz CT molecular complexity index is 727. The number of nitrogens with zero attached hydrogens (tertiary/aromatic N) is 1. The van der Waals surface area contributed by atoms with Crippen LogP contribution in [-0.4, -0.2) is 42.6 Å². The van der Waals surface area contributed by atoms with Crippen molar-refractivity contribution in [1.29, 1.82) is 0 Å². The first kappa shape index (κ1) is 25.3. The van der Waals surface area contributed by atoms with Crippen LogP contribution in [0.15, 0.2) is 60.7 Å². The first-order valence-electron chi connectivity index (χ1n) is 12.5. The summed E-state index contributed by atoms with van der Waals surface area (Å²) in [4.78, 5) is 0. The van der Waals surface area contributed by atoms with Gasteiger partial charge in [0, 0.05) is 36.7 Å². The summed E-state index contributed by atoms with van der Waals surface area (Å²) in [6, 6.07) is 22.9. The molecule has 0 saturated carbocycles. The molecule has 3 atom stereocenters. The number of hydrogen-bond acceptors (Lipinski definition) is 4. The SMILES string of the molecule is CCCCCC[C@@H](NN1CCC[C@H]1COC)[C@H](Cc1ccccc1)SCc1ccccc1. The van der Waals surface area contributed by atoms with E-state index >= 15 is 0 Å². The molecule has 0 aliphatic carbocycles. The standard InChI is InChI=1S/C28H42N2OS/c1-3-4-5-12-19-27(29-30-20-13-18-26(30)22-31-2)28(21-24-14-8-6-9-15-24)32-23-25-16-10-7-11-17-25/h6-11,14-17,26-29H,3-5,12-13,18-23H2,1-2H3/t26-,27+,28-/m0/s1. The molecule has 1 aliphatic rings. The maximum atomic E-state index is 5.53. The van der Waals surface area contributed by atoms with Crippen LogP contribution in [0.1, 0.15) is 63.0 Å². The van der Waals surface area contributed by atoms with Gasteiger partial charge in [-0.15, -0.1) is 0 Å². The van der Waals surface area contributed by atoms with Crippen molar-refractivity contribution in [3.63, 3.8) is 0 Å². The van der Waals surface area contributed by atoms with E-state index in [1.807, 2.05) is 7.11 Å². The molecule has 0 unspecified atom stereocenters. The molecule has 0 bridgehead atoms. The summed E-state index contributed by atoms with van der Waals surface area (Å²) in [6.07, 6.45) is 10.1. The third-order valence-corrected chi connectivity index (χ3v) is 7.90. The van der Waals surface area contributed by atoms with Gasteiger partial charge in [0.1, 0.15) is 0 Å². The fraction of sp³-hybridized carbons (Fsp3) is 0.571. The van der Waals surface area contributed by atoms with E-state index in [-0.39, 0.29) is 0 Å². The van der Waals surface area contributed by atoms with Crippen LogP contribution >= 0.6 is 11.8 Å². The van der Waals surface area contributed by atoms with Crippen LogP contribution in [0.2, 0.25) is 0 Å². The molecule has 32 heavy (non-hydrogen) atoms. The molecule has 0 aromatic heterocycles. The lowest BCUT2D eigenvalue weighted by Crippen LogP contribution is -2.52. The summed E-state index contributed by atoms with van der Waals surface area (Å²) >= 11 is 2.12. The second-order valence-electron chi connectivity index (χ2n) is 9.05. The largest absolute Gasteiger partial charge is 0.383 e. The molecule has 1 N–H and O–H groups in total. The zero-order valence-electron chi connectivity index (χ0n) is 20.0. The third-order valence-electron chi connectivity index (χ3n) is 6.47. The van der Waals surface area contributed by atoms with Crippen molar-refractivity contribution in [2.45, 2.75) is 81.4 Å². The van der Waals surface area contributed by atoms with E-state index in [2.05, 4.69) is 89.8 Å². The van der Waals surface area contributed by atoms with Crippen molar-refractivity contribution in [3.8, 4) is 0 Å². The molecule has 2 aromatic rings. The molecule has 1 saturated heterocycles. The number of unbranched alkanes of at least 4 members (excludes halogenated alkanes) is 3. The predicted octanol–water partition coefficient (Wildman–Crippen LogP) is 6.49. The van der Waals surface area contributed by atoms with E-state index in [4.69, 9.17) is 4.74 Å². The number of hydrogen-bond donors (Lipinski definition) is 1. The highest BCUT2D eigenvalue weighted by Gasteiger charge is 2.30. The third kappa shape index (κ3) is 8.55. The summed E-state index contributed by atoms with van der Waals surface area (Å²) in [7, 11) is 1.83. The Morgan fingerprint density at radius 2 is 1.72 bits per heavy atom. The van der Waals surface area contributed by atoms with Crippen molar-refractivity contribution >= 4 is 11.8 Å². The van der Waals surface area contributed by atoms with Crippen LogP contribution < -0.4 is 5.43 Å². The number of hydrazine groups is 1. The molecule has 0 radical (unpaired) electrons. The van der Waals surface area contributed by atoms with Gasteiger partial charge in [-0.1, -0.05) is 93.3 Å². The molecule has 1 aliphatic heterocycles. The Labute approximate surface area is 200 Å². The van der Waals surface area contributed by atoms with Crippen LogP contribution in [0.25, 0.3) is 0 Å². The van der Waals surface area contributed by atoms with E-state index in [1.165, 1.54) is 56.1 Å². The number of benzene rings is 2. The topological polar surface area (TPSA) is 24.5 Å². The van der Waals surface area contributed by atoms with Gasteiger partial charge in [0.05, 0.1) is 6.61 Å². The lowest BCUT2D eigenvalue weighted by Gasteiger charge is -2.35. The quantitative estimate of drug-likeness (QED) is 0.311. The minimum absolute atomic E-state index is 0.471. The fourth-order valence-corrected chi connectivity index (χ4v) is 5.99. The van der Waals surface area contributed by atoms with Crippen LogP contribution in [0, 0.1) is 0 Å². The van der Waals surface area contributed by atoms with Crippen molar-refractivity contribution in [2.24, 2.45) is 0 Å². The zero-order chi connectivity index (χ0) is 22.4. The highest BCUT2D eigenvalue weighted by Crippen LogP contribution is 2.28.